The lowest BCUT2D eigenvalue weighted by molar-refractivity contribution is -0.143. The van der Waals surface area contributed by atoms with Gasteiger partial charge in [-0.1, -0.05) is 60.7 Å². The van der Waals surface area contributed by atoms with Gasteiger partial charge < -0.3 is 4.74 Å². The van der Waals surface area contributed by atoms with Crippen LogP contribution in [0.15, 0.2) is 60.7 Å². The molecule has 2 aromatic rings. The van der Waals surface area contributed by atoms with Crippen LogP contribution in [0.5, 0.6) is 0 Å². The number of hydrogen-bond acceptors (Lipinski definition) is 3. The van der Waals surface area contributed by atoms with Gasteiger partial charge in [0.25, 0.3) is 0 Å². The van der Waals surface area contributed by atoms with E-state index >= 15 is 0 Å². The second-order valence-electron chi connectivity index (χ2n) is 5.61. The minimum atomic E-state index is -0.629. The number of rotatable bonds is 5. The van der Waals surface area contributed by atoms with E-state index in [0.29, 0.717) is 12.0 Å². The van der Waals surface area contributed by atoms with E-state index in [1.165, 1.54) is 5.56 Å². The summed E-state index contributed by atoms with van der Waals surface area (Å²) in [5, 5.41) is 0. The summed E-state index contributed by atoms with van der Waals surface area (Å²) in [5.74, 6) is -0.528. The van der Waals surface area contributed by atoms with E-state index in [1.54, 1.807) is 12.1 Å². The Hall–Kier alpha value is -2.42. The van der Waals surface area contributed by atoms with Crippen molar-refractivity contribution in [3.05, 3.63) is 71.8 Å². The highest BCUT2D eigenvalue weighted by molar-refractivity contribution is 6.01. The van der Waals surface area contributed by atoms with E-state index < -0.39 is 6.10 Å². The molecule has 3 heteroatoms. The van der Waals surface area contributed by atoms with Gasteiger partial charge in [0.2, 0.25) is 5.78 Å². The Labute approximate surface area is 129 Å². The average molecular weight is 294 g/mol. The molecule has 0 saturated carbocycles. The Balaban J connectivity index is 1.60. The fourth-order valence-corrected chi connectivity index (χ4v) is 2.81. The number of esters is 1. The number of aryl methyl sites for hydroxylation is 1. The van der Waals surface area contributed by atoms with Crippen LogP contribution in [0, 0.1) is 5.92 Å². The van der Waals surface area contributed by atoms with E-state index in [2.05, 4.69) is 0 Å². The lowest BCUT2D eigenvalue weighted by Gasteiger charge is -2.07. The van der Waals surface area contributed by atoms with Crippen LogP contribution in [0.1, 0.15) is 28.8 Å². The summed E-state index contributed by atoms with van der Waals surface area (Å²) in [6.45, 7) is 0. The maximum Gasteiger partial charge on any atom is 0.309 e. The smallest absolute Gasteiger partial charge is 0.309 e. The third kappa shape index (κ3) is 3.25. The Morgan fingerprint density at radius 3 is 2.32 bits per heavy atom. The number of ether oxygens (including phenoxy) is 1. The van der Waals surface area contributed by atoms with Crippen molar-refractivity contribution in [2.75, 3.05) is 0 Å². The molecule has 0 aliphatic carbocycles. The normalized spacial score (nSPS) is 20.6. The third-order valence-electron chi connectivity index (χ3n) is 4.07. The highest BCUT2D eigenvalue weighted by Gasteiger charge is 2.38. The highest BCUT2D eigenvalue weighted by Crippen LogP contribution is 2.27. The summed E-state index contributed by atoms with van der Waals surface area (Å²) >= 11 is 0. The molecule has 1 aliphatic heterocycles. The van der Waals surface area contributed by atoms with Crippen molar-refractivity contribution in [3.8, 4) is 0 Å². The van der Waals surface area contributed by atoms with Crippen molar-refractivity contribution in [2.24, 2.45) is 5.92 Å². The fraction of sp³-hybridized carbons (Fsp3) is 0.263. The molecule has 0 spiro atoms. The van der Waals surface area contributed by atoms with Gasteiger partial charge in [-0.3, -0.25) is 9.59 Å². The average Bonchev–Trinajstić information content (AvgIpc) is 2.95. The van der Waals surface area contributed by atoms with Crippen molar-refractivity contribution in [1.29, 1.82) is 0 Å². The number of carbonyl (C=O) groups excluding carboxylic acids is 2. The number of carbonyl (C=O) groups is 2. The van der Waals surface area contributed by atoms with Gasteiger partial charge in [0.1, 0.15) is 0 Å². The summed E-state index contributed by atoms with van der Waals surface area (Å²) in [4.78, 5) is 24.3. The molecule has 3 nitrogen and oxygen atoms in total. The molecule has 2 atom stereocenters. The topological polar surface area (TPSA) is 43.4 Å². The van der Waals surface area contributed by atoms with Crippen molar-refractivity contribution < 1.29 is 14.3 Å². The van der Waals surface area contributed by atoms with Gasteiger partial charge in [0, 0.05) is 12.0 Å². The molecular formula is C19H18O3. The minimum absolute atomic E-state index is 0.101. The lowest BCUT2D eigenvalue weighted by atomic mass is 9.94. The van der Waals surface area contributed by atoms with Crippen LogP contribution in [0.3, 0.4) is 0 Å². The summed E-state index contributed by atoms with van der Waals surface area (Å²) in [6.07, 6.45) is 1.41. The molecule has 22 heavy (non-hydrogen) atoms. The maximum absolute atomic E-state index is 12.3. The largest absolute Gasteiger partial charge is 0.454 e. The molecule has 0 unspecified atom stereocenters. The van der Waals surface area contributed by atoms with Gasteiger partial charge in [-0.25, -0.2) is 0 Å². The standard InChI is InChI=1S/C19H18O3/c20-18(15-9-5-2-6-10-15)17-13-16(19(21)22-17)12-11-14-7-3-1-4-8-14/h1-10,16-17H,11-13H2/t16-,17+/m1/s1. The Morgan fingerprint density at radius 1 is 1.00 bits per heavy atom. The van der Waals surface area contributed by atoms with Crippen LogP contribution in [-0.4, -0.2) is 17.9 Å². The monoisotopic (exact) mass is 294 g/mol. The van der Waals surface area contributed by atoms with Gasteiger partial charge in [0.15, 0.2) is 6.10 Å². The van der Waals surface area contributed by atoms with E-state index in [1.807, 2.05) is 48.5 Å². The van der Waals surface area contributed by atoms with Crippen LogP contribution in [-0.2, 0) is 16.0 Å². The van der Waals surface area contributed by atoms with Crippen LogP contribution < -0.4 is 0 Å². The van der Waals surface area contributed by atoms with E-state index in [0.717, 1.165) is 12.8 Å². The maximum atomic E-state index is 12.3. The molecule has 112 valence electrons. The Bertz CT molecular complexity index is 649. The lowest BCUT2D eigenvalue weighted by Crippen LogP contribution is -2.20. The molecule has 3 rings (SSSR count). The molecule has 0 N–H and O–H groups in total. The van der Waals surface area contributed by atoms with Crippen LogP contribution >= 0.6 is 0 Å². The third-order valence-corrected chi connectivity index (χ3v) is 4.07. The number of hydrogen-bond donors (Lipinski definition) is 0. The zero-order valence-corrected chi connectivity index (χ0v) is 12.3. The molecule has 0 amide bonds. The first-order valence-electron chi connectivity index (χ1n) is 7.58. The van der Waals surface area contributed by atoms with Gasteiger partial charge in [-0.15, -0.1) is 0 Å². The molecule has 1 saturated heterocycles. The summed E-state index contributed by atoms with van der Waals surface area (Å²) in [5.41, 5.74) is 1.80. The number of Topliss-reactive ketones (excluding diaryl/α,β-unsaturated/α-hetero) is 1. The minimum Gasteiger partial charge on any atom is -0.454 e. The molecule has 2 aromatic carbocycles. The van der Waals surface area contributed by atoms with Crippen molar-refractivity contribution in [1.82, 2.24) is 0 Å². The quantitative estimate of drug-likeness (QED) is 0.627. The molecule has 1 aliphatic rings. The second kappa shape index (κ2) is 6.56. The van der Waals surface area contributed by atoms with Gasteiger partial charge in [-0.05, 0) is 18.4 Å². The molecule has 1 fully saturated rings. The number of cyclic esters (lactones) is 1. The predicted molar refractivity (Wildman–Crippen MR) is 83.5 cm³/mol. The van der Waals surface area contributed by atoms with Crippen molar-refractivity contribution in [3.63, 3.8) is 0 Å². The van der Waals surface area contributed by atoms with E-state index in [4.69, 9.17) is 4.74 Å². The van der Waals surface area contributed by atoms with E-state index in [-0.39, 0.29) is 17.7 Å². The molecule has 0 radical (unpaired) electrons. The van der Waals surface area contributed by atoms with Crippen molar-refractivity contribution >= 4 is 11.8 Å². The summed E-state index contributed by atoms with van der Waals surface area (Å²) < 4.78 is 5.29. The first kappa shape index (κ1) is 14.5. The summed E-state index contributed by atoms with van der Waals surface area (Å²) in [6, 6.07) is 19.1. The zero-order chi connectivity index (χ0) is 15.4. The Kier molecular flexibility index (Phi) is 4.33. The molecule has 0 bridgehead atoms. The molecular weight excluding hydrogens is 276 g/mol. The van der Waals surface area contributed by atoms with Gasteiger partial charge in [-0.2, -0.15) is 0 Å². The van der Waals surface area contributed by atoms with Gasteiger partial charge >= 0.3 is 5.97 Å². The predicted octanol–water partition coefficient (Wildman–Crippen LogP) is 3.43. The summed E-state index contributed by atoms with van der Waals surface area (Å²) in [7, 11) is 0. The zero-order valence-electron chi connectivity index (χ0n) is 12.3. The second-order valence-corrected chi connectivity index (χ2v) is 5.61. The van der Waals surface area contributed by atoms with Gasteiger partial charge in [0.05, 0.1) is 5.92 Å². The number of benzene rings is 2. The SMILES string of the molecule is O=C1O[C@H](C(=O)c2ccccc2)C[C@H]1CCc1ccccc1. The fourth-order valence-electron chi connectivity index (χ4n) is 2.81. The Morgan fingerprint density at radius 2 is 1.64 bits per heavy atom. The van der Waals surface area contributed by atoms with Crippen LogP contribution in [0.4, 0.5) is 0 Å². The van der Waals surface area contributed by atoms with E-state index in [9.17, 15) is 9.59 Å². The number of ketones is 1. The van der Waals surface area contributed by atoms with Crippen molar-refractivity contribution in [2.45, 2.75) is 25.4 Å². The highest BCUT2D eigenvalue weighted by atomic mass is 16.6. The first-order valence-corrected chi connectivity index (χ1v) is 7.58. The molecule has 1 heterocycles. The van der Waals surface area contributed by atoms with Crippen LogP contribution in [0.2, 0.25) is 0 Å². The first-order chi connectivity index (χ1) is 10.7. The molecule has 0 aromatic heterocycles. The van der Waals surface area contributed by atoms with Crippen LogP contribution in [0.25, 0.3) is 0 Å².